The fraction of sp³-hybridized carbons (Fsp3) is 0.875. The summed E-state index contributed by atoms with van der Waals surface area (Å²) in [6.07, 6.45) is 2.91. The van der Waals surface area contributed by atoms with Crippen molar-refractivity contribution in [1.82, 2.24) is 0 Å². The van der Waals surface area contributed by atoms with Gasteiger partial charge in [0.15, 0.2) is 0 Å². The molecule has 0 saturated carbocycles. The maximum Gasteiger partial charge on any atom is 0.305 e. The van der Waals surface area contributed by atoms with Gasteiger partial charge in [-0.2, -0.15) is 0 Å². The van der Waals surface area contributed by atoms with Crippen LogP contribution in [0.5, 0.6) is 0 Å². The molecule has 0 saturated heterocycles. The second-order valence-corrected chi connectivity index (χ2v) is 5.67. The molecule has 0 bridgehead atoms. The molecule has 0 aliphatic heterocycles. The summed E-state index contributed by atoms with van der Waals surface area (Å²) in [6, 6.07) is 0. The minimum Gasteiger partial charge on any atom is -0.461 e. The SMILES string of the molecule is O=C(CCCCCCl)OCC(Cl)(Cl)Cl. The largest absolute Gasteiger partial charge is 0.461 e. The Labute approximate surface area is 104 Å². The van der Waals surface area contributed by atoms with Gasteiger partial charge in [-0.25, -0.2) is 0 Å². The highest BCUT2D eigenvalue weighted by Gasteiger charge is 2.21. The molecule has 0 amide bonds. The second-order valence-electron chi connectivity index (χ2n) is 2.78. The van der Waals surface area contributed by atoms with E-state index in [1.165, 1.54) is 0 Å². The van der Waals surface area contributed by atoms with Crippen molar-refractivity contribution >= 4 is 52.4 Å². The first kappa shape index (κ1) is 14.6. The Morgan fingerprint density at radius 3 is 2.29 bits per heavy atom. The number of rotatable bonds is 6. The fourth-order valence-corrected chi connectivity index (χ4v) is 1.13. The molecule has 0 aromatic heterocycles. The third-order valence-electron chi connectivity index (χ3n) is 1.41. The van der Waals surface area contributed by atoms with Gasteiger partial charge in [-0.3, -0.25) is 4.79 Å². The first-order chi connectivity index (χ1) is 6.45. The number of alkyl halides is 4. The van der Waals surface area contributed by atoms with Crippen LogP contribution < -0.4 is 0 Å². The zero-order chi connectivity index (χ0) is 11.0. The lowest BCUT2D eigenvalue weighted by atomic mass is 10.2. The lowest BCUT2D eigenvalue weighted by Gasteiger charge is -2.10. The van der Waals surface area contributed by atoms with Gasteiger partial charge in [-0.05, 0) is 12.8 Å². The van der Waals surface area contributed by atoms with E-state index in [-0.39, 0.29) is 12.6 Å². The van der Waals surface area contributed by atoms with E-state index < -0.39 is 3.79 Å². The number of carbonyl (C=O) groups is 1. The molecule has 14 heavy (non-hydrogen) atoms. The van der Waals surface area contributed by atoms with Crippen LogP contribution in [0.4, 0.5) is 0 Å². The van der Waals surface area contributed by atoms with E-state index in [0.717, 1.165) is 19.3 Å². The van der Waals surface area contributed by atoms with Crippen LogP contribution in [-0.2, 0) is 9.53 Å². The van der Waals surface area contributed by atoms with E-state index in [0.29, 0.717) is 12.3 Å². The summed E-state index contributed by atoms with van der Waals surface area (Å²) >= 11 is 21.7. The Balaban J connectivity index is 3.38. The highest BCUT2D eigenvalue weighted by atomic mass is 35.6. The van der Waals surface area contributed by atoms with Crippen LogP contribution >= 0.6 is 46.4 Å². The van der Waals surface area contributed by atoms with Crippen molar-refractivity contribution in [3.05, 3.63) is 0 Å². The topological polar surface area (TPSA) is 26.3 Å². The van der Waals surface area contributed by atoms with Crippen molar-refractivity contribution < 1.29 is 9.53 Å². The molecule has 0 fully saturated rings. The average Bonchev–Trinajstić information content (AvgIpc) is 2.08. The van der Waals surface area contributed by atoms with Crippen LogP contribution in [0.3, 0.4) is 0 Å². The van der Waals surface area contributed by atoms with Gasteiger partial charge in [0.05, 0.1) is 0 Å². The van der Waals surface area contributed by atoms with Gasteiger partial charge in [-0.1, -0.05) is 41.2 Å². The fourth-order valence-electron chi connectivity index (χ4n) is 0.775. The molecule has 84 valence electrons. The number of halogens is 4. The van der Waals surface area contributed by atoms with Crippen molar-refractivity contribution in [3.8, 4) is 0 Å². The van der Waals surface area contributed by atoms with E-state index in [1.54, 1.807) is 0 Å². The molecule has 0 aromatic rings. The van der Waals surface area contributed by atoms with Crippen molar-refractivity contribution in [2.45, 2.75) is 29.5 Å². The average molecular weight is 282 g/mol. The zero-order valence-electron chi connectivity index (χ0n) is 7.57. The third kappa shape index (κ3) is 10.7. The van der Waals surface area contributed by atoms with Crippen molar-refractivity contribution in [2.24, 2.45) is 0 Å². The first-order valence-electron chi connectivity index (χ1n) is 4.24. The Kier molecular flexibility index (Phi) is 8.22. The highest BCUT2D eigenvalue weighted by molar-refractivity contribution is 6.67. The second kappa shape index (κ2) is 7.86. The van der Waals surface area contributed by atoms with Crippen LogP contribution in [0.1, 0.15) is 25.7 Å². The van der Waals surface area contributed by atoms with Gasteiger partial charge in [0.2, 0.25) is 3.79 Å². The van der Waals surface area contributed by atoms with E-state index in [1.807, 2.05) is 0 Å². The van der Waals surface area contributed by atoms with E-state index >= 15 is 0 Å². The maximum atomic E-state index is 11.0. The molecule has 0 heterocycles. The number of hydrogen-bond acceptors (Lipinski definition) is 2. The van der Waals surface area contributed by atoms with Crippen LogP contribution in [0.15, 0.2) is 0 Å². The number of ether oxygens (including phenoxy) is 1. The number of unbranched alkanes of at least 4 members (excludes halogenated alkanes) is 2. The zero-order valence-corrected chi connectivity index (χ0v) is 10.6. The summed E-state index contributed by atoms with van der Waals surface area (Å²) in [6.45, 7) is -0.202. The van der Waals surface area contributed by atoms with Gasteiger partial charge in [-0.15, -0.1) is 11.6 Å². The van der Waals surface area contributed by atoms with Crippen LogP contribution in [0, 0.1) is 0 Å². The van der Waals surface area contributed by atoms with Crippen LogP contribution in [0.2, 0.25) is 0 Å². The van der Waals surface area contributed by atoms with Gasteiger partial charge in [0, 0.05) is 12.3 Å². The summed E-state index contributed by atoms with van der Waals surface area (Å²) in [5.74, 6) is 0.273. The molecule has 6 heteroatoms. The van der Waals surface area contributed by atoms with Crippen molar-refractivity contribution in [1.29, 1.82) is 0 Å². The standard InChI is InChI=1S/C8H12Cl4O2/c9-5-3-1-2-4-7(13)14-6-8(10,11)12/h1-6H2. The number of hydrogen-bond donors (Lipinski definition) is 0. The minimum absolute atomic E-state index is 0.202. The molecule has 0 atom stereocenters. The Morgan fingerprint density at radius 1 is 1.14 bits per heavy atom. The molecule has 0 aromatic carbocycles. The maximum absolute atomic E-state index is 11.0. The Morgan fingerprint density at radius 2 is 1.79 bits per heavy atom. The summed E-state index contributed by atoms with van der Waals surface area (Å²) in [4.78, 5) is 11.0. The normalized spacial score (nSPS) is 11.4. The molecule has 0 rings (SSSR count). The van der Waals surface area contributed by atoms with Gasteiger partial charge >= 0.3 is 5.97 Å². The molecule has 0 spiro atoms. The quantitative estimate of drug-likeness (QED) is 0.422. The molecule has 0 unspecified atom stereocenters. The lowest BCUT2D eigenvalue weighted by molar-refractivity contribution is -0.143. The molecule has 0 N–H and O–H groups in total. The van der Waals surface area contributed by atoms with Gasteiger partial charge in [0.1, 0.15) is 6.61 Å². The summed E-state index contributed by atoms with van der Waals surface area (Å²) in [7, 11) is 0. The molecule has 0 aliphatic rings. The summed E-state index contributed by atoms with van der Waals surface area (Å²) < 4.78 is 3.20. The van der Waals surface area contributed by atoms with E-state index in [2.05, 4.69) is 0 Å². The van der Waals surface area contributed by atoms with Gasteiger partial charge in [0.25, 0.3) is 0 Å². The Bertz CT molecular complexity index is 167. The van der Waals surface area contributed by atoms with Gasteiger partial charge < -0.3 is 4.74 Å². The van der Waals surface area contributed by atoms with Crippen molar-refractivity contribution in [3.63, 3.8) is 0 Å². The Hall–Kier alpha value is 0.630. The van der Waals surface area contributed by atoms with Crippen LogP contribution in [-0.4, -0.2) is 22.2 Å². The van der Waals surface area contributed by atoms with Crippen molar-refractivity contribution in [2.75, 3.05) is 12.5 Å². The third-order valence-corrected chi connectivity index (χ3v) is 2.01. The predicted molar refractivity (Wildman–Crippen MR) is 60.4 cm³/mol. The molecule has 0 radical (unpaired) electrons. The number of esters is 1. The number of carbonyl (C=O) groups excluding carboxylic acids is 1. The smallest absolute Gasteiger partial charge is 0.305 e. The molecular formula is C8H12Cl4O2. The highest BCUT2D eigenvalue weighted by Crippen LogP contribution is 2.26. The molecule has 0 aliphatic carbocycles. The summed E-state index contributed by atoms with van der Waals surface area (Å²) in [5.41, 5.74) is 0. The first-order valence-corrected chi connectivity index (χ1v) is 5.91. The predicted octanol–water partition coefficient (Wildman–Crippen LogP) is 3.70. The monoisotopic (exact) mass is 280 g/mol. The van der Waals surface area contributed by atoms with E-state index in [4.69, 9.17) is 51.1 Å². The molecule has 2 nitrogen and oxygen atoms in total. The minimum atomic E-state index is -1.52. The van der Waals surface area contributed by atoms with Crippen LogP contribution in [0.25, 0.3) is 0 Å². The van der Waals surface area contributed by atoms with E-state index in [9.17, 15) is 4.79 Å². The lowest BCUT2D eigenvalue weighted by Crippen LogP contribution is -2.17. The molecular weight excluding hydrogens is 270 g/mol. The summed E-state index contributed by atoms with van der Waals surface area (Å²) in [5, 5.41) is 0.